The molecule has 1 aliphatic heterocycles. The van der Waals surface area contributed by atoms with Crippen LogP contribution >= 0.6 is 0 Å². The maximum atomic E-state index is 12.0. The van der Waals surface area contributed by atoms with Crippen molar-refractivity contribution in [3.05, 3.63) is 0 Å². The van der Waals surface area contributed by atoms with Gasteiger partial charge < -0.3 is 9.64 Å². The molecule has 0 aromatic carbocycles. The molecular formula is C9H17FN2O2. The minimum absolute atomic E-state index is 0.257. The first-order chi connectivity index (χ1) is 6.77. The molecule has 0 spiro atoms. The highest BCUT2D eigenvalue weighted by molar-refractivity contribution is 5.67. The van der Waals surface area contributed by atoms with Crippen molar-refractivity contribution in [1.82, 2.24) is 9.80 Å². The van der Waals surface area contributed by atoms with Gasteiger partial charge in [0.1, 0.15) is 6.67 Å². The minimum Gasteiger partial charge on any atom is -0.450 e. The third-order valence-corrected chi connectivity index (χ3v) is 2.30. The Morgan fingerprint density at radius 2 is 2.00 bits per heavy atom. The van der Waals surface area contributed by atoms with E-state index >= 15 is 0 Å². The van der Waals surface area contributed by atoms with E-state index in [4.69, 9.17) is 4.74 Å². The van der Waals surface area contributed by atoms with Gasteiger partial charge in [-0.15, -0.1) is 0 Å². The largest absolute Gasteiger partial charge is 0.450 e. The van der Waals surface area contributed by atoms with E-state index in [2.05, 4.69) is 0 Å². The number of alkyl halides is 1. The van der Waals surface area contributed by atoms with E-state index in [0.29, 0.717) is 26.2 Å². The first-order valence-corrected chi connectivity index (χ1v) is 4.98. The van der Waals surface area contributed by atoms with Gasteiger partial charge in [0, 0.05) is 32.7 Å². The summed E-state index contributed by atoms with van der Waals surface area (Å²) in [4.78, 5) is 14.9. The molecule has 0 aromatic rings. The van der Waals surface area contributed by atoms with E-state index in [9.17, 15) is 9.18 Å². The van der Waals surface area contributed by atoms with Gasteiger partial charge in [-0.3, -0.25) is 4.90 Å². The highest BCUT2D eigenvalue weighted by atomic mass is 19.1. The molecule has 0 aliphatic carbocycles. The molecule has 0 radical (unpaired) electrons. The van der Waals surface area contributed by atoms with Crippen LogP contribution in [0.25, 0.3) is 0 Å². The summed E-state index contributed by atoms with van der Waals surface area (Å²) in [6.45, 7) is 5.10. The van der Waals surface area contributed by atoms with Crippen molar-refractivity contribution in [3.63, 3.8) is 0 Å². The maximum absolute atomic E-state index is 12.0. The molecule has 5 heteroatoms. The Balaban J connectivity index is 2.24. The molecule has 0 bridgehead atoms. The molecular weight excluding hydrogens is 187 g/mol. The number of carbonyl (C=O) groups is 1. The van der Waals surface area contributed by atoms with Crippen LogP contribution in [0, 0.1) is 0 Å². The van der Waals surface area contributed by atoms with Gasteiger partial charge >= 0.3 is 6.09 Å². The van der Waals surface area contributed by atoms with Crippen molar-refractivity contribution < 1.29 is 13.9 Å². The van der Waals surface area contributed by atoms with Crippen LogP contribution in [0.15, 0.2) is 0 Å². The molecule has 82 valence electrons. The van der Waals surface area contributed by atoms with Crippen LogP contribution in [0.4, 0.5) is 9.18 Å². The quantitative estimate of drug-likeness (QED) is 0.679. The van der Waals surface area contributed by atoms with E-state index in [0.717, 1.165) is 13.1 Å². The number of piperazine rings is 1. The monoisotopic (exact) mass is 204 g/mol. The van der Waals surface area contributed by atoms with Gasteiger partial charge in [0.05, 0.1) is 6.61 Å². The first-order valence-electron chi connectivity index (χ1n) is 4.98. The molecule has 0 saturated carbocycles. The second-order valence-corrected chi connectivity index (χ2v) is 3.22. The summed E-state index contributed by atoms with van der Waals surface area (Å²) < 4.78 is 16.9. The predicted octanol–water partition coefficient (Wildman–Crippen LogP) is 0.730. The van der Waals surface area contributed by atoms with Crippen molar-refractivity contribution in [1.29, 1.82) is 0 Å². The number of hydrogen-bond donors (Lipinski definition) is 0. The zero-order valence-corrected chi connectivity index (χ0v) is 8.54. The zero-order valence-electron chi connectivity index (χ0n) is 8.54. The molecule has 0 unspecified atom stereocenters. The Morgan fingerprint density at radius 1 is 1.36 bits per heavy atom. The Bertz CT molecular complexity index is 182. The fourth-order valence-corrected chi connectivity index (χ4v) is 1.49. The minimum atomic E-state index is -0.320. The van der Waals surface area contributed by atoms with Crippen molar-refractivity contribution in [2.24, 2.45) is 0 Å². The predicted molar refractivity (Wildman–Crippen MR) is 51.0 cm³/mol. The Labute approximate surface area is 83.6 Å². The van der Waals surface area contributed by atoms with E-state index in [1.807, 2.05) is 4.90 Å². The zero-order chi connectivity index (χ0) is 10.4. The van der Waals surface area contributed by atoms with Crippen LogP contribution in [0.3, 0.4) is 0 Å². The summed E-state index contributed by atoms with van der Waals surface area (Å²) in [5, 5.41) is 0. The normalized spacial score (nSPS) is 18.3. The maximum Gasteiger partial charge on any atom is 0.409 e. The van der Waals surface area contributed by atoms with Crippen LogP contribution in [-0.2, 0) is 4.74 Å². The van der Waals surface area contributed by atoms with Gasteiger partial charge in [0.25, 0.3) is 0 Å². The highest BCUT2D eigenvalue weighted by Crippen LogP contribution is 2.03. The summed E-state index contributed by atoms with van der Waals surface area (Å²) in [5.41, 5.74) is 0. The van der Waals surface area contributed by atoms with Gasteiger partial charge in [-0.25, -0.2) is 9.18 Å². The van der Waals surface area contributed by atoms with Crippen LogP contribution in [0.1, 0.15) is 6.92 Å². The Hall–Kier alpha value is -0.840. The van der Waals surface area contributed by atoms with Gasteiger partial charge in [0.15, 0.2) is 0 Å². The lowest BCUT2D eigenvalue weighted by atomic mass is 10.3. The smallest absolute Gasteiger partial charge is 0.409 e. The van der Waals surface area contributed by atoms with Crippen molar-refractivity contribution in [3.8, 4) is 0 Å². The molecule has 0 N–H and O–H groups in total. The second-order valence-electron chi connectivity index (χ2n) is 3.22. The molecule has 1 amide bonds. The summed E-state index contributed by atoms with van der Waals surface area (Å²) in [6.07, 6.45) is -0.257. The number of nitrogens with zero attached hydrogens (tertiary/aromatic N) is 2. The van der Waals surface area contributed by atoms with Crippen LogP contribution in [0.2, 0.25) is 0 Å². The first kappa shape index (κ1) is 11.2. The number of amides is 1. The van der Waals surface area contributed by atoms with Crippen molar-refractivity contribution >= 4 is 6.09 Å². The number of rotatable bonds is 3. The fourth-order valence-electron chi connectivity index (χ4n) is 1.49. The Morgan fingerprint density at radius 3 is 2.50 bits per heavy atom. The van der Waals surface area contributed by atoms with Gasteiger partial charge in [-0.2, -0.15) is 0 Å². The highest BCUT2D eigenvalue weighted by Gasteiger charge is 2.21. The molecule has 4 nitrogen and oxygen atoms in total. The third kappa shape index (κ3) is 3.14. The van der Waals surface area contributed by atoms with Crippen molar-refractivity contribution in [2.75, 3.05) is 46.0 Å². The second kappa shape index (κ2) is 5.80. The lowest BCUT2D eigenvalue weighted by Gasteiger charge is -2.33. The Kier molecular flexibility index (Phi) is 4.65. The average molecular weight is 204 g/mol. The van der Waals surface area contributed by atoms with Crippen molar-refractivity contribution in [2.45, 2.75) is 6.92 Å². The number of carbonyl (C=O) groups excluding carboxylic acids is 1. The van der Waals surface area contributed by atoms with Gasteiger partial charge in [0.2, 0.25) is 0 Å². The lowest BCUT2D eigenvalue weighted by Crippen LogP contribution is -2.49. The summed E-state index contributed by atoms with van der Waals surface area (Å²) in [7, 11) is 0. The molecule has 0 aromatic heterocycles. The average Bonchev–Trinajstić information content (AvgIpc) is 2.20. The van der Waals surface area contributed by atoms with Crippen LogP contribution < -0.4 is 0 Å². The topological polar surface area (TPSA) is 32.8 Å². The summed E-state index contributed by atoms with van der Waals surface area (Å²) in [5.74, 6) is 0. The molecule has 14 heavy (non-hydrogen) atoms. The summed E-state index contributed by atoms with van der Waals surface area (Å²) >= 11 is 0. The van der Waals surface area contributed by atoms with Crippen LogP contribution in [-0.4, -0.2) is 61.9 Å². The van der Waals surface area contributed by atoms with Crippen LogP contribution in [0.5, 0.6) is 0 Å². The molecule has 1 heterocycles. The molecule has 1 fully saturated rings. The van der Waals surface area contributed by atoms with E-state index in [-0.39, 0.29) is 12.8 Å². The number of ether oxygens (including phenoxy) is 1. The van der Waals surface area contributed by atoms with Gasteiger partial charge in [-0.1, -0.05) is 0 Å². The fraction of sp³-hybridized carbons (Fsp3) is 0.889. The third-order valence-electron chi connectivity index (χ3n) is 2.30. The summed E-state index contributed by atoms with van der Waals surface area (Å²) in [6, 6.07) is 0. The number of halogens is 1. The van der Waals surface area contributed by atoms with Gasteiger partial charge in [-0.05, 0) is 6.92 Å². The molecule has 1 rings (SSSR count). The van der Waals surface area contributed by atoms with E-state index in [1.54, 1.807) is 11.8 Å². The lowest BCUT2D eigenvalue weighted by molar-refractivity contribution is 0.0781. The molecule has 1 saturated heterocycles. The molecule has 0 atom stereocenters. The van der Waals surface area contributed by atoms with E-state index < -0.39 is 0 Å². The standard InChI is InChI=1S/C9H17FN2O2/c1-2-14-9(13)12-7-5-11(4-3-10)6-8-12/h2-8H2,1H3. The number of hydrogen-bond acceptors (Lipinski definition) is 3. The van der Waals surface area contributed by atoms with E-state index in [1.165, 1.54) is 0 Å². The SMILES string of the molecule is CCOC(=O)N1CCN(CCF)CC1. The molecule has 1 aliphatic rings.